The molecular formula is C15H29NO2. The van der Waals surface area contributed by atoms with Crippen molar-refractivity contribution >= 4 is 0 Å². The van der Waals surface area contributed by atoms with E-state index in [2.05, 4.69) is 26.1 Å². The summed E-state index contributed by atoms with van der Waals surface area (Å²) in [5, 5.41) is 3.64. The predicted octanol–water partition coefficient (Wildman–Crippen LogP) is 2.88. The normalized spacial score (nSPS) is 41.2. The summed E-state index contributed by atoms with van der Waals surface area (Å²) in [6.07, 6.45) is 8.65. The third-order valence-corrected chi connectivity index (χ3v) is 4.13. The molecule has 0 aromatic heterocycles. The monoisotopic (exact) mass is 255 g/mol. The minimum Gasteiger partial charge on any atom is -0.375 e. The molecule has 0 radical (unpaired) electrons. The molecule has 2 rings (SSSR count). The first kappa shape index (κ1) is 14.3. The quantitative estimate of drug-likeness (QED) is 0.819. The van der Waals surface area contributed by atoms with Crippen LogP contribution in [0, 0.1) is 0 Å². The van der Waals surface area contributed by atoms with Gasteiger partial charge in [0.15, 0.2) is 0 Å². The van der Waals surface area contributed by atoms with Gasteiger partial charge < -0.3 is 14.8 Å². The van der Waals surface area contributed by atoms with E-state index in [4.69, 9.17) is 9.47 Å². The van der Waals surface area contributed by atoms with E-state index in [9.17, 15) is 0 Å². The van der Waals surface area contributed by atoms with Gasteiger partial charge in [0.25, 0.3) is 0 Å². The summed E-state index contributed by atoms with van der Waals surface area (Å²) >= 11 is 0. The minimum absolute atomic E-state index is 0.349. The third kappa shape index (κ3) is 3.94. The number of hydrogen-bond acceptors (Lipinski definition) is 3. The highest BCUT2D eigenvalue weighted by atomic mass is 16.5. The molecule has 1 saturated heterocycles. The van der Waals surface area contributed by atoms with Gasteiger partial charge in [-0.05, 0) is 58.9 Å². The first-order chi connectivity index (χ1) is 8.69. The molecule has 4 unspecified atom stereocenters. The Labute approximate surface area is 112 Å². The van der Waals surface area contributed by atoms with Crippen LogP contribution in [0.4, 0.5) is 0 Å². The maximum Gasteiger partial charge on any atom is 0.0731 e. The highest BCUT2D eigenvalue weighted by Gasteiger charge is 2.32. The predicted molar refractivity (Wildman–Crippen MR) is 73.8 cm³/mol. The summed E-state index contributed by atoms with van der Waals surface area (Å²) in [6, 6.07) is 0.582. The van der Waals surface area contributed by atoms with Crippen LogP contribution in [0.5, 0.6) is 0 Å². The van der Waals surface area contributed by atoms with Crippen LogP contribution in [0.15, 0.2) is 0 Å². The third-order valence-electron chi connectivity index (χ3n) is 4.13. The smallest absolute Gasteiger partial charge is 0.0731 e. The largest absolute Gasteiger partial charge is 0.375 e. The summed E-state index contributed by atoms with van der Waals surface area (Å²) in [5.74, 6) is 0. The first-order valence-corrected chi connectivity index (χ1v) is 7.73. The van der Waals surface area contributed by atoms with Crippen molar-refractivity contribution in [2.45, 2.75) is 89.8 Å². The average Bonchev–Trinajstić information content (AvgIpc) is 2.72. The standard InChI is InChI=1S/C15H29NO2/c1-4-8-16-14-6-5-7-15(14)18-13-9-11(2)17-12(3)10-13/h11-16H,4-10H2,1-3H3. The number of nitrogens with one attached hydrogen (secondary N) is 1. The van der Waals surface area contributed by atoms with Crippen LogP contribution in [-0.4, -0.2) is 37.0 Å². The van der Waals surface area contributed by atoms with Gasteiger partial charge in [-0.1, -0.05) is 6.92 Å². The van der Waals surface area contributed by atoms with E-state index in [0.717, 1.165) is 19.4 Å². The van der Waals surface area contributed by atoms with Crippen molar-refractivity contribution in [3.8, 4) is 0 Å². The second kappa shape index (κ2) is 6.88. The topological polar surface area (TPSA) is 30.5 Å². The Morgan fingerprint density at radius 1 is 1.17 bits per heavy atom. The molecule has 0 aromatic carbocycles. The number of ether oxygens (including phenoxy) is 2. The molecular weight excluding hydrogens is 226 g/mol. The van der Waals surface area contributed by atoms with Gasteiger partial charge in [-0.15, -0.1) is 0 Å². The van der Waals surface area contributed by atoms with Crippen molar-refractivity contribution in [2.24, 2.45) is 0 Å². The van der Waals surface area contributed by atoms with Crippen molar-refractivity contribution in [1.29, 1.82) is 0 Å². The molecule has 2 fully saturated rings. The van der Waals surface area contributed by atoms with E-state index >= 15 is 0 Å². The lowest BCUT2D eigenvalue weighted by molar-refractivity contribution is -0.123. The van der Waals surface area contributed by atoms with Gasteiger partial charge in [0.1, 0.15) is 0 Å². The van der Waals surface area contributed by atoms with E-state index < -0.39 is 0 Å². The van der Waals surface area contributed by atoms with E-state index in [-0.39, 0.29) is 0 Å². The SMILES string of the molecule is CCCNC1CCCC1OC1CC(C)OC(C)C1. The van der Waals surface area contributed by atoms with E-state index in [1.165, 1.54) is 25.7 Å². The molecule has 1 heterocycles. The molecule has 1 saturated carbocycles. The van der Waals surface area contributed by atoms with Crippen molar-refractivity contribution < 1.29 is 9.47 Å². The van der Waals surface area contributed by atoms with Crippen LogP contribution < -0.4 is 5.32 Å². The fourth-order valence-electron chi connectivity index (χ4n) is 3.35. The molecule has 0 aromatic rings. The highest BCUT2D eigenvalue weighted by Crippen LogP contribution is 2.28. The Balaban J connectivity index is 1.80. The molecule has 106 valence electrons. The molecule has 1 aliphatic heterocycles. The molecule has 0 amide bonds. The maximum absolute atomic E-state index is 6.36. The van der Waals surface area contributed by atoms with Crippen molar-refractivity contribution in [2.75, 3.05) is 6.54 Å². The Morgan fingerprint density at radius 3 is 2.56 bits per heavy atom. The van der Waals surface area contributed by atoms with Crippen LogP contribution in [0.3, 0.4) is 0 Å². The molecule has 1 N–H and O–H groups in total. The molecule has 3 heteroatoms. The second-order valence-corrected chi connectivity index (χ2v) is 6.02. The van der Waals surface area contributed by atoms with Crippen LogP contribution in [0.2, 0.25) is 0 Å². The summed E-state index contributed by atoms with van der Waals surface area (Å²) in [5.41, 5.74) is 0. The van der Waals surface area contributed by atoms with E-state index in [1.807, 2.05) is 0 Å². The van der Waals surface area contributed by atoms with Gasteiger partial charge in [0.2, 0.25) is 0 Å². The Kier molecular flexibility index (Phi) is 5.46. The summed E-state index contributed by atoms with van der Waals surface area (Å²) in [4.78, 5) is 0. The van der Waals surface area contributed by atoms with Gasteiger partial charge in [-0.25, -0.2) is 0 Å². The van der Waals surface area contributed by atoms with Crippen molar-refractivity contribution in [1.82, 2.24) is 5.32 Å². The Morgan fingerprint density at radius 2 is 1.89 bits per heavy atom. The summed E-state index contributed by atoms with van der Waals surface area (Å²) in [6.45, 7) is 7.66. The van der Waals surface area contributed by atoms with E-state index in [1.54, 1.807) is 0 Å². The van der Waals surface area contributed by atoms with Gasteiger partial charge in [-0.3, -0.25) is 0 Å². The lowest BCUT2D eigenvalue weighted by Crippen LogP contribution is -2.42. The van der Waals surface area contributed by atoms with Gasteiger partial charge in [-0.2, -0.15) is 0 Å². The number of hydrogen-bond donors (Lipinski definition) is 1. The molecule has 0 spiro atoms. The zero-order valence-electron chi connectivity index (χ0n) is 12.2. The summed E-state index contributed by atoms with van der Waals surface area (Å²) in [7, 11) is 0. The average molecular weight is 255 g/mol. The lowest BCUT2D eigenvalue weighted by Gasteiger charge is -2.35. The van der Waals surface area contributed by atoms with E-state index in [0.29, 0.717) is 30.5 Å². The number of rotatable bonds is 5. The second-order valence-electron chi connectivity index (χ2n) is 6.02. The Hall–Kier alpha value is -0.120. The fourth-order valence-corrected chi connectivity index (χ4v) is 3.35. The molecule has 0 bridgehead atoms. The van der Waals surface area contributed by atoms with Gasteiger partial charge in [0.05, 0.1) is 24.4 Å². The first-order valence-electron chi connectivity index (χ1n) is 7.73. The molecule has 2 aliphatic rings. The molecule has 18 heavy (non-hydrogen) atoms. The maximum atomic E-state index is 6.36. The van der Waals surface area contributed by atoms with Crippen LogP contribution in [0.25, 0.3) is 0 Å². The Bertz CT molecular complexity index is 237. The van der Waals surface area contributed by atoms with Crippen LogP contribution in [0.1, 0.15) is 59.3 Å². The zero-order valence-corrected chi connectivity index (χ0v) is 12.2. The van der Waals surface area contributed by atoms with Crippen molar-refractivity contribution in [3.05, 3.63) is 0 Å². The van der Waals surface area contributed by atoms with Gasteiger partial charge >= 0.3 is 0 Å². The molecule has 1 aliphatic carbocycles. The molecule has 3 nitrogen and oxygen atoms in total. The van der Waals surface area contributed by atoms with Crippen LogP contribution >= 0.6 is 0 Å². The minimum atomic E-state index is 0.349. The zero-order chi connectivity index (χ0) is 13.0. The highest BCUT2D eigenvalue weighted by molar-refractivity contribution is 4.86. The van der Waals surface area contributed by atoms with Crippen LogP contribution in [-0.2, 0) is 9.47 Å². The lowest BCUT2D eigenvalue weighted by atomic mass is 10.0. The van der Waals surface area contributed by atoms with Gasteiger partial charge in [0, 0.05) is 6.04 Å². The fraction of sp³-hybridized carbons (Fsp3) is 1.00. The summed E-state index contributed by atoms with van der Waals surface area (Å²) < 4.78 is 12.1. The molecule has 4 atom stereocenters. The van der Waals surface area contributed by atoms with Crippen molar-refractivity contribution in [3.63, 3.8) is 0 Å².